The third-order valence-electron chi connectivity index (χ3n) is 6.99. The summed E-state index contributed by atoms with van der Waals surface area (Å²) in [7, 11) is 4.05. The Morgan fingerprint density at radius 2 is 1.68 bits per heavy atom. The molecule has 0 aliphatic rings. The zero-order valence-electron chi connectivity index (χ0n) is 26.1. The number of carbonyl (C=O) groups excluding carboxylic acids is 2. The number of thiazole rings is 1. The first-order valence-electron chi connectivity index (χ1n) is 14.9. The molecule has 0 atom stereocenters. The number of aromatic nitrogens is 1. The van der Waals surface area contributed by atoms with Crippen LogP contribution in [0.1, 0.15) is 26.3 Å². The summed E-state index contributed by atoms with van der Waals surface area (Å²) in [6.07, 6.45) is 0. The molecule has 9 nitrogen and oxygen atoms in total. The Balaban J connectivity index is 0.000000417. The third-order valence-corrected chi connectivity index (χ3v) is 8.89. The van der Waals surface area contributed by atoms with Gasteiger partial charge in [-0.15, -0.1) is 11.3 Å². The van der Waals surface area contributed by atoms with E-state index in [2.05, 4.69) is 20.5 Å². The van der Waals surface area contributed by atoms with Crippen LogP contribution < -0.4 is 26.8 Å². The summed E-state index contributed by atoms with van der Waals surface area (Å²) in [4.78, 5) is 31.2. The molecule has 6 rings (SSSR count). The highest BCUT2D eigenvalue weighted by atomic mass is 32.1. The van der Waals surface area contributed by atoms with Crippen LogP contribution in [0.15, 0.2) is 109 Å². The van der Waals surface area contributed by atoms with Crippen molar-refractivity contribution >= 4 is 61.2 Å². The van der Waals surface area contributed by atoms with Crippen LogP contribution in [0.25, 0.3) is 20.7 Å². The predicted molar refractivity (Wildman–Crippen MR) is 195 cm³/mol. The molecular formula is C36H36N6O3S2. The van der Waals surface area contributed by atoms with Crippen molar-refractivity contribution in [2.75, 3.05) is 43.6 Å². The smallest absolute Gasteiger partial charge is 0.255 e. The van der Waals surface area contributed by atoms with Gasteiger partial charge in [0.2, 0.25) is 5.91 Å². The van der Waals surface area contributed by atoms with Crippen LogP contribution in [-0.4, -0.2) is 48.9 Å². The molecule has 11 heteroatoms. The normalized spacial score (nSPS) is 10.7. The lowest BCUT2D eigenvalue weighted by atomic mass is 10.1. The number of benzene rings is 4. The molecule has 6 N–H and O–H groups in total. The second kappa shape index (κ2) is 15.9. The summed E-state index contributed by atoms with van der Waals surface area (Å²) >= 11 is 3.24. The molecule has 2 aromatic heterocycles. The highest BCUT2D eigenvalue weighted by molar-refractivity contribution is 7.22. The minimum Gasteiger partial charge on any atom is -0.492 e. The number of fused-ring (bicyclic) bond motifs is 1. The molecule has 240 valence electrons. The Morgan fingerprint density at radius 1 is 0.894 bits per heavy atom. The highest BCUT2D eigenvalue weighted by Crippen LogP contribution is 2.31. The first kappa shape index (κ1) is 33.1. The number of primary amides is 1. The molecule has 0 aliphatic carbocycles. The van der Waals surface area contributed by atoms with Gasteiger partial charge in [0, 0.05) is 29.1 Å². The SMILES string of the molecule is CN(C)CCOc1ccc2nc(NCc3ccc(C(=O)Nc4cc(-c5cccs5)ccc4N)cc3)sc2c1.NC(=O)c1ccccc1. The van der Waals surface area contributed by atoms with Crippen LogP contribution in [0.2, 0.25) is 0 Å². The zero-order chi connectivity index (χ0) is 33.2. The fourth-order valence-corrected chi connectivity index (χ4v) is 6.04. The number of carbonyl (C=O) groups is 2. The third kappa shape index (κ3) is 9.39. The summed E-state index contributed by atoms with van der Waals surface area (Å²) in [5, 5.41) is 9.20. The molecule has 0 spiro atoms. The van der Waals surface area contributed by atoms with E-state index in [1.54, 1.807) is 46.9 Å². The van der Waals surface area contributed by atoms with Gasteiger partial charge in [0.15, 0.2) is 5.13 Å². The minimum absolute atomic E-state index is 0.200. The van der Waals surface area contributed by atoms with Gasteiger partial charge in [0.25, 0.3) is 5.91 Å². The quantitative estimate of drug-likeness (QED) is 0.108. The van der Waals surface area contributed by atoms with E-state index in [-0.39, 0.29) is 11.8 Å². The second-order valence-electron chi connectivity index (χ2n) is 10.8. The fourth-order valence-electron chi connectivity index (χ4n) is 4.43. The topological polar surface area (TPSA) is 136 Å². The Kier molecular flexibility index (Phi) is 11.2. The number of anilines is 3. The maximum Gasteiger partial charge on any atom is 0.255 e. The van der Waals surface area contributed by atoms with Gasteiger partial charge in [-0.25, -0.2) is 4.98 Å². The van der Waals surface area contributed by atoms with Gasteiger partial charge in [-0.3, -0.25) is 9.59 Å². The molecule has 6 aromatic rings. The summed E-state index contributed by atoms with van der Waals surface area (Å²) in [6.45, 7) is 2.11. The lowest BCUT2D eigenvalue weighted by molar-refractivity contribution is 0.0997. The maximum atomic E-state index is 12.9. The number of likely N-dealkylation sites (N-methyl/N-ethyl adjacent to an activating group) is 1. The van der Waals surface area contributed by atoms with Crippen molar-refractivity contribution in [3.8, 4) is 16.2 Å². The summed E-state index contributed by atoms with van der Waals surface area (Å²) < 4.78 is 6.91. The number of rotatable bonds is 11. The molecule has 2 amide bonds. The summed E-state index contributed by atoms with van der Waals surface area (Å²) in [6, 6.07) is 32.0. The zero-order valence-corrected chi connectivity index (χ0v) is 27.7. The first-order valence-corrected chi connectivity index (χ1v) is 16.6. The van der Waals surface area contributed by atoms with E-state index in [9.17, 15) is 9.59 Å². The van der Waals surface area contributed by atoms with E-state index >= 15 is 0 Å². The second-order valence-corrected chi connectivity index (χ2v) is 12.8. The van der Waals surface area contributed by atoms with Gasteiger partial charge >= 0.3 is 0 Å². The average molecular weight is 665 g/mol. The van der Waals surface area contributed by atoms with Gasteiger partial charge in [-0.1, -0.05) is 53.8 Å². The van der Waals surface area contributed by atoms with E-state index in [0.29, 0.717) is 35.7 Å². The average Bonchev–Trinajstić information content (AvgIpc) is 3.76. The number of nitrogen functional groups attached to an aromatic ring is 1. The lowest BCUT2D eigenvalue weighted by Crippen LogP contribution is -2.19. The molecule has 0 saturated carbocycles. The van der Waals surface area contributed by atoms with Gasteiger partial charge in [-0.2, -0.15) is 0 Å². The first-order chi connectivity index (χ1) is 22.7. The van der Waals surface area contributed by atoms with Gasteiger partial charge in [0.1, 0.15) is 12.4 Å². The summed E-state index contributed by atoms with van der Waals surface area (Å²) in [5.41, 5.74) is 16.4. The van der Waals surface area contributed by atoms with Crippen molar-refractivity contribution in [2.24, 2.45) is 5.73 Å². The minimum atomic E-state index is -0.379. The number of hydrogen-bond acceptors (Lipinski definition) is 9. The number of nitrogens with zero attached hydrogens (tertiary/aromatic N) is 2. The van der Waals surface area contributed by atoms with Crippen molar-refractivity contribution in [2.45, 2.75) is 6.54 Å². The molecule has 2 heterocycles. The highest BCUT2D eigenvalue weighted by Gasteiger charge is 2.11. The maximum absolute atomic E-state index is 12.9. The molecule has 0 bridgehead atoms. The van der Waals surface area contributed by atoms with Crippen molar-refractivity contribution in [1.82, 2.24) is 9.88 Å². The standard InChI is InChI=1S/C29H29N5O2S2.C7H7NO/c1-34(2)13-14-36-22-10-12-24-27(17-22)38-29(33-24)31-18-19-5-7-20(8-6-19)28(35)32-25-16-21(9-11-23(25)30)26-4-3-15-37-26;8-7(9)6-4-2-1-3-5-6/h3-12,15-17H,13-14,18,30H2,1-2H3,(H,31,33)(H,32,35);1-5H,(H2,8,9). The van der Waals surface area contributed by atoms with Gasteiger partial charge < -0.3 is 31.7 Å². The Bertz CT molecular complexity index is 1920. The van der Waals surface area contributed by atoms with Crippen molar-refractivity contribution < 1.29 is 14.3 Å². The summed E-state index contributed by atoms with van der Waals surface area (Å²) in [5.74, 6) is 0.272. The number of thiophene rings is 1. The van der Waals surface area contributed by atoms with Crippen LogP contribution >= 0.6 is 22.7 Å². The lowest BCUT2D eigenvalue weighted by Gasteiger charge is -2.10. The molecular weight excluding hydrogens is 629 g/mol. The monoisotopic (exact) mass is 664 g/mol. The Morgan fingerprint density at radius 3 is 2.36 bits per heavy atom. The Labute approximate surface area is 281 Å². The fraction of sp³-hybridized carbons (Fsp3) is 0.139. The van der Waals surface area contributed by atoms with Gasteiger partial charge in [-0.05, 0) is 91.3 Å². The number of nitrogens with two attached hydrogens (primary N) is 2. The van der Waals surface area contributed by atoms with E-state index in [1.165, 1.54) is 0 Å². The molecule has 0 unspecified atom stereocenters. The largest absolute Gasteiger partial charge is 0.492 e. The van der Waals surface area contributed by atoms with Crippen LogP contribution in [0, 0.1) is 0 Å². The Hall–Kier alpha value is -5.23. The number of ether oxygens (including phenoxy) is 1. The molecule has 0 radical (unpaired) electrons. The molecule has 0 saturated heterocycles. The predicted octanol–water partition coefficient (Wildman–Crippen LogP) is 7.20. The van der Waals surface area contributed by atoms with Crippen LogP contribution in [0.4, 0.5) is 16.5 Å². The van der Waals surface area contributed by atoms with Crippen LogP contribution in [0.3, 0.4) is 0 Å². The van der Waals surface area contributed by atoms with E-state index in [0.717, 1.165) is 43.6 Å². The number of amides is 2. The van der Waals surface area contributed by atoms with E-state index in [4.69, 9.17) is 16.2 Å². The van der Waals surface area contributed by atoms with E-state index in [1.807, 2.05) is 98.3 Å². The van der Waals surface area contributed by atoms with Crippen LogP contribution in [-0.2, 0) is 6.54 Å². The van der Waals surface area contributed by atoms with Crippen molar-refractivity contribution in [3.05, 3.63) is 125 Å². The number of nitrogens with one attached hydrogen (secondary N) is 2. The van der Waals surface area contributed by atoms with Crippen molar-refractivity contribution in [3.63, 3.8) is 0 Å². The molecule has 0 fully saturated rings. The van der Waals surface area contributed by atoms with Crippen molar-refractivity contribution in [1.29, 1.82) is 0 Å². The molecule has 4 aromatic carbocycles. The van der Waals surface area contributed by atoms with Crippen LogP contribution in [0.5, 0.6) is 5.75 Å². The molecule has 47 heavy (non-hydrogen) atoms. The molecule has 0 aliphatic heterocycles. The van der Waals surface area contributed by atoms with Gasteiger partial charge in [0.05, 0.1) is 21.6 Å². The van der Waals surface area contributed by atoms with E-state index < -0.39 is 0 Å². The number of hydrogen-bond donors (Lipinski definition) is 4.